The molecule has 0 spiro atoms. The van der Waals surface area contributed by atoms with Crippen LogP contribution in [0.25, 0.3) is 0 Å². The maximum atomic E-state index is 13.6. The highest BCUT2D eigenvalue weighted by molar-refractivity contribution is 7.90. The highest BCUT2D eigenvalue weighted by Gasteiger charge is 2.30. The van der Waals surface area contributed by atoms with E-state index in [4.69, 9.17) is 4.74 Å². The van der Waals surface area contributed by atoms with E-state index in [1.54, 1.807) is 44.2 Å². The molecule has 0 fully saturated rings. The van der Waals surface area contributed by atoms with Gasteiger partial charge in [0.1, 0.15) is 5.75 Å². The van der Waals surface area contributed by atoms with Gasteiger partial charge in [0.2, 0.25) is 0 Å². The molecule has 0 saturated carbocycles. The maximum Gasteiger partial charge on any atom is 0.333 e. The van der Waals surface area contributed by atoms with E-state index in [2.05, 4.69) is 5.09 Å². The first kappa shape index (κ1) is 28.5. The number of methoxy groups -OCH3 is 1. The summed E-state index contributed by atoms with van der Waals surface area (Å²) >= 11 is 0. The number of aryl methyl sites for hydroxylation is 2. The van der Waals surface area contributed by atoms with Gasteiger partial charge >= 0.3 is 7.59 Å². The first-order valence-corrected chi connectivity index (χ1v) is 15.3. The number of carbonyl (C=O) groups is 1. The predicted molar refractivity (Wildman–Crippen MR) is 137 cm³/mol. The molecule has 0 heterocycles. The van der Waals surface area contributed by atoms with E-state index in [0.717, 1.165) is 11.1 Å². The Morgan fingerprint density at radius 3 is 1.65 bits per heavy atom. The molecule has 0 aliphatic carbocycles. The van der Waals surface area contributed by atoms with Crippen LogP contribution in [0.5, 0.6) is 5.75 Å². The summed E-state index contributed by atoms with van der Waals surface area (Å²) in [6.07, 6.45) is 0. The summed E-state index contributed by atoms with van der Waals surface area (Å²) in [6, 6.07) is 17.4. The van der Waals surface area contributed by atoms with Gasteiger partial charge < -0.3 is 4.74 Å². The van der Waals surface area contributed by atoms with Crippen molar-refractivity contribution in [3.8, 4) is 5.75 Å². The third-order valence-electron chi connectivity index (χ3n) is 4.93. The largest absolute Gasteiger partial charge is 0.497 e. The number of hydrazine groups is 2. The van der Waals surface area contributed by atoms with E-state index in [1.807, 2.05) is 20.1 Å². The van der Waals surface area contributed by atoms with Crippen molar-refractivity contribution in [2.75, 3.05) is 7.11 Å². The van der Waals surface area contributed by atoms with E-state index in [9.17, 15) is 26.2 Å². The van der Waals surface area contributed by atoms with Gasteiger partial charge in [-0.25, -0.2) is 16.8 Å². The van der Waals surface area contributed by atoms with Crippen molar-refractivity contribution >= 4 is 33.5 Å². The molecule has 198 valence electrons. The molecule has 0 unspecified atom stereocenters. The van der Waals surface area contributed by atoms with Crippen LogP contribution in [0.2, 0.25) is 0 Å². The van der Waals surface area contributed by atoms with Gasteiger partial charge in [-0.2, -0.15) is 10.4 Å². The number of carbonyl (C=O) groups excluding carboxylic acids is 1. The Hall–Kier alpha value is -3.10. The van der Waals surface area contributed by atoms with E-state index in [-0.39, 0.29) is 15.4 Å². The molecule has 0 radical (unpaired) electrons. The van der Waals surface area contributed by atoms with Crippen molar-refractivity contribution in [3.63, 3.8) is 0 Å². The maximum absolute atomic E-state index is 13.6. The number of hydrogen-bond donors (Lipinski definition) is 5. The molecular weight excluding hydrogens is 541 g/mol. The molecule has 3 aromatic rings. The van der Waals surface area contributed by atoms with Crippen LogP contribution in [0, 0.1) is 13.8 Å². The van der Waals surface area contributed by atoms with Gasteiger partial charge in [0.25, 0.3) is 26.0 Å². The van der Waals surface area contributed by atoms with Crippen LogP contribution in [-0.4, -0.2) is 29.9 Å². The fourth-order valence-electron chi connectivity index (χ4n) is 2.86. The van der Waals surface area contributed by atoms with Crippen molar-refractivity contribution in [2.45, 2.75) is 23.6 Å². The summed E-state index contributed by atoms with van der Waals surface area (Å²) in [5, 5.41) is 6.17. The first-order valence-electron chi connectivity index (χ1n) is 10.6. The lowest BCUT2D eigenvalue weighted by atomic mass is 10.2. The number of benzene rings is 3. The van der Waals surface area contributed by atoms with Crippen LogP contribution >= 0.6 is 7.59 Å². The Balaban J connectivity index is 1.86. The monoisotopic (exact) mass is 567 g/mol. The molecule has 12 nitrogen and oxygen atoms in total. The lowest BCUT2D eigenvalue weighted by molar-refractivity contribution is 0.0978. The van der Waals surface area contributed by atoms with Gasteiger partial charge in [0.15, 0.2) is 0 Å². The number of nitrogens with one attached hydrogen (secondary N) is 5. The molecule has 0 aromatic heterocycles. The standard InChI is InChI=1S/C22H26N5O7PS2/c1-16-7-11-20(12-8-16)36(30,31)26-24-35(29,23-22(28)18-5-4-6-19(15-18)34-3)25-27-37(32,33)21-13-9-17(2)10-14-21/h4-15,26-27H,1-3H3,(H3,23,24,25,28,29). The molecule has 1 amide bonds. The topological polar surface area (TPSA) is 172 Å². The number of rotatable bonds is 11. The summed E-state index contributed by atoms with van der Waals surface area (Å²) in [5.41, 5.74) is 1.65. The second-order valence-electron chi connectivity index (χ2n) is 7.84. The average Bonchev–Trinajstić information content (AvgIpc) is 2.87. The zero-order valence-electron chi connectivity index (χ0n) is 20.0. The quantitative estimate of drug-likeness (QED) is 0.172. The molecule has 37 heavy (non-hydrogen) atoms. The third-order valence-corrected chi connectivity index (χ3v) is 9.13. The lowest BCUT2D eigenvalue weighted by Crippen LogP contribution is -2.49. The van der Waals surface area contributed by atoms with Gasteiger partial charge in [-0.15, -0.1) is 9.66 Å². The number of amides is 1. The molecule has 0 bridgehead atoms. The molecule has 15 heteroatoms. The van der Waals surface area contributed by atoms with E-state index in [0.29, 0.717) is 5.75 Å². The molecule has 3 aromatic carbocycles. The summed E-state index contributed by atoms with van der Waals surface area (Å²) in [7, 11) is -11.7. The summed E-state index contributed by atoms with van der Waals surface area (Å²) in [5.74, 6) is -0.574. The molecular formula is C22H26N5O7PS2. The fourth-order valence-corrected chi connectivity index (χ4v) is 6.65. The Labute approximate surface area is 215 Å². The van der Waals surface area contributed by atoms with Crippen molar-refractivity contribution in [3.05, 3.63) is 89.5 Å². The number of sulfonamides is 2. The van der Waals surface area contributed by atoms with Crippen molar-refractivity contribution in [1.82, 2.24) is 25.1 Å². The number of hydrogen-bond acceptors (Lipinski definition) is 7. The average molecular weight is 568 g/mol. The summed E-state index contributed by atoms with van der Waals surface area (Å²) in [4.78, 5) is 16.3. The van der Waals surface area contributed by atoms with Gasteiger partial charge in [-0.05, 0) is 56.3 Å². The van der Waals surface area contributed by atoms with Crippen molar-refractivity contribution in [2.24, 2.45) is 0 Å². The Bertz CT molecular complexity index is 1440. The first-order chi connectivity index (χ1) is 17.3. The zero-order valence-corrected chi connectivity index (χ0v) is 22.6. The van der Waals surface area contributed by atoms with E-state index < -0.39 is 33.5 Å². The second kappa shape index (κ2) is 11.5. The molecule has 5 N–H and O–H groups in total. The Morgan fingerprint density at radius 1 is 0.757 bits per heavy atom. The van der Waals surface area contributed by atoms with Gasteiger partial charge in [-0.1, -0.05) is 41.5 Å². The molecule has 3 rings (SSSR count). The van der Waals surface area contributed by atoms with Gasteiger partial charge in [0, 0.05) is 5.56 Å². The normalized spacial score (nSPS) is 12.2. The molecule has 0 aliphatic rings. The smallest absolute Gasteiger partial charge is 0.333 e. The number of ether oxygens (including phenoxy) is 1. The Kier molecular flexibility index (Phi) is 8.87. The molecule has 0 atom stereocenters. The van der Waals surface area contributed by atoms with E-state index in [1.165, 1.54) is 49.6 Å². The minimum absolute atomic E-state index is 0.0194. The summed E-state index contributed by atoms with van der Waals surface area (Å²) in [6.45, 7) is 3.54. The third kappa shape index (κ3) is 7.69. The highest BCUT2D eigenvalue weighted by Crippen LogP contribution is 2.30. The SMILES string of the molecule is COc1cccc(C(=O)NP(=O)(NNS(=O)(=O)c2ccc(C)cc2)NNS(=O)(=O)c2ccc(C)cc2)c1. The minimum atomic E-state index is -4.54. The van der Waals surface area contributed by atoms with Crippen LogP contribution in [-0.2, 0) is 24.6 Å². The van der Waals surface area contributed by atoms with Crippen molar-refractivity contribution < 1.29 is 30.9 Å². The van der Waals surface area contributed by atoms with Crippen LogP contribution < -0.4 is 29.9 Å². The predicted octanol–water partition coefficient (Wildman–Crippen LogP) is 2.12. The highest BCUT2D eigenvalue weighted by atomic mass is 32.2. The zero-order chi connectivity index (χ0) is 27.3. The molecule has 0 aliphatic heterocycles. The van der Waals surface area contributed by atoms with Crippen LogP contribution in [0.3, 0.4) is 0 Å². The van der Waals surface area contributed by atoms with Gasteiger partial charge in [0.05, 0.1) is 16.9 Å². The van der Waals surface area contributed by atoms with Crippen LogP contribution in [0.1, 0.15) is 21.5 Å². The lowest BCUT2D eigenvalue weighted by Gasteiger charge is -2.22. The second-order valence-corrected chi connectivity index (χ2v) is 13.1. The fraction of sp³-hybridized carbons (Fsp3) is 0.136. The van der Waals surface area contributed by atoms with Gasteiger partial charge in [-0.3, -0.25) is 14.4 Å². The van der Waals surface area contributed by atoms with Crippen LogP contribution in [0.4, 0.5) is 0 Å². The minimum Gasteiger partial charge on any atom is -0.497 e. The molecule has 0 saturated heterocycles. The summed E-state index contributed by atoms with van der Waals surface area (Å²) < 4.78 is 69.4. The van der Waals surface area contributed by atoms with E-state index >= 15 is 0 Å². The van der Waals surface area contributed by atoms with Crippen LogP contribution in [0.15, 0.2) is 82.6 Å². The Morgan fingerprint density at radius 2 is 1.22 bits per heavy atom. The van der Waals surface area contributed by atoms with Crippen molar-refractivity contribution in [1.29, 1.82) is 0 Å².